The second kappa shape index (κ2) is 14.8. The predicted octanol–water partition coefficient (Wildman–Crippen LogP) is 16.7. The average Bonchev–Trinajstić information content (AvgIpc) is 4.17. The van der Waals surface area contributed by atoms with Gasteiger partial charge in [-0.25, -0.2) is 19.9 Å². The SMILES string of the molecule is Cc1nc2c(-c3cc4c(s3)-c3sccc3C(C)(C)O4)c3nsnc3c(-c3cc4c(s3)-c3sc(-c5c6nsnc6c(-c6cc7c(s6)-c6sccc6OC7(C)C)c6nc(C)c(C)nc56)cc3OC4(C)C)c2nc1C. The Morgan fingerprint density at radius 1 is 0.361 bits per heavy atom. The molecule has 0 N–H and O–H groups in total. The summed E-state index contributed by atoms with van der Waals surface area (Å²) < 4.78 is 40.5. The number of rotatable bonds is 4. The smallest absolute Gasteiger partial charge is 0.140 e. The summed E-state index contributed by atoms with van der Waals surface area (Å²) in [5, 5.41) is 4.26. The van der Waals surface area contributed by atoms with E-state index < -0.39 is 16.8 Å². The molecule has 3 aliphatic rings. The molecule has 12 aromatic rings. The van der Waals surface area contributed by atoms with E-state index in [0.717, 1.165) is 157 Å². The van der Waals surface area contributed by atoms with Gasteiger partial charge in [0.1, 0.15) is 78.2 Å². The van der Waals surface area contributed by atoms with E-state index in [1.165, 1.54) is 38.8 Å². The van der Waals surface area contributed by atoms with Crippen molar-refractivity contribution in [3.63, 3.8) is 0 Å². The van der Waals surface area contributed by atoms with Crippen LogP contribution in [-0.4, -0.2) is 37.4 Å². The zero-order chi connectivity index (χ0) is 49.1. The summed E-state index contributed by atoms with van der Waals surface area (Å²) in [6, 6.07) is 13.1. The van der Waals surface area contributed by atoms with Gasteiger partial charge in [0.2, 0.25) is 0 Å². The third-order valence-corrected chi connectivity index (χ3v) is 22.2. The van der Waals surface area contributed by atoms with E-state index in [4.69, 9.17) is 51.6 Å². The highest BCUT2D eigenvalue weighted by atomic mass is 32.1. The summed E-state index contributed by atoms with van der Waals surface area (Å²) in [6.07, 6.45) is 0. The minimum absolute atomic E-state index is 0.445. The van der Waals surface area contributed by atoms with Crippen LogP contribution in [-0.2, 0) is 16.8 Å². The van der Waals surface area contributed by atoms with Crippen molar-refractivity contribution in [3.8, 4) is 88.3 Å². The minimum Gasteiger partial charge on any atom is -0.482 e. The summed E-state index contributed by atoms with van der Waals surface area (Å²) in [4.78, 5) is 32.4. The summed E-state index contributed by atoms with van der Waals surface area (Å²) >= 11 is 12.8. The van der Waals surface area contributed by atoms with Crippen LogP contribution in [0, 0.1) is 27.7 Å². The molecule has 19 heteroatoms. The summed E-state index contributed by atoms with van der Waals surface area (Å²) in [7, 11) is 0. The lowest BCUT2D eigenvalue weighted by Gasteiger charge is -2.31. The normalized spacial score (nSPS) is 15.8. The maximum atomic E-state index is 7.05. The van der Waals surface area contributed by atoms with Crippen LogP contribution in [0.25, 0.3) is 115 Å². The second-order valence-corrected chi connectivity index (χ2v) is 27.1. The topological polar surface area (TPSA) is 131 Å². The molecule has 0 spiro atoms. The number of thiophene rings is 6. The van der Waals surface area contributed by atoms with Crippen molar-refractivity contribution >= 4 is 136 Å². The summed E-state index contributed by atoms with van der Waals surface area (Å²) in [6.45, 7) is 21.0. The van der Waals surface area contributed by atoms with Gasteiger partial charge in [0.25, 0.3) is 0 Å². The monoisotopic (exact) mass is 1090 g/mol. The molecule has 0 unspecified atom stereocenters. The minimum atomic E-state index is -0.664. The Morgan fingerprint density at radius 2 is 0.708 bits per heavy atom. The van der Waals surface area contributed by atoms with Crippen LogP contribution in [0.3, 0.4) is 0 Å². The van der Waals surface area contributed by atoms with Crippen molar-refractivity contribution in [2.45, 2.75) is 86.0 Å². The Balaban J connectivity index is 0.910. The first-order chi connectivity index (χ1) is 34.5. The second-order valence-electron chi connectivity index (χ2n) is 20.0. The zero-order valence-corrected chi connectivity index (χ0v) is 46.7. The third-order valence-electron chi connectivity index (χ3n) is 14.3. The number of ether oxygens (including phenoxy) is 3. The number of hydrogen-bond acceptors (Lipinski definition) is 19. The van der Waals surface area contributed by atoms with Crippen LogP contribution >= 0.6 is 91.5 Å². The van der Waals surface area contributed by atoms with Crippen molar-refractivity contribution in [2.75, 3.05) is 0 Å². The maximum Gasteiger partial charge on any atom is 0.140 e. The van der Waals surface area contributed by atoms with Crippen molar-refractivity contribution in [1.29, 1.82) is 0 Å². The van der Waals surface area contributed by atoms with Gasteiger partial charge in [-0.1, -0.05) is 0 Å². The fraction of sp³-hybridized carbons (Fsp3) is 0.245. The van der Waals surface area contributed by atoms with E-state index in [-0.39, 0.29) is 0 Å². The molecule has 356 valence electrons. The van der Waals surface area contributed by atoms with Crippen LogP contribution in [0.15, 0.2) is 47.2 Å². The quantitative estimate of drug-likeness (QED) is 0.167. The molecule has 0 saturated carbocycles. The van der Waals surface area contributed by atoms with Crippen LogP contribution in [0.5, 0.6) is 17.2 Å². The lowest BCUT2D eigenvalue weighted by atomic mass is 9.93. The highest BCUT2D eigenvalue weighted by Crippen LogP contribution is 2.60. The Bertz CT molecular complexity index is 4380. The van der Waals surface area contributed by atoms with Crippen molar-refractivity contribution in [3.05, 3.63) is 86.6 Å². The van der Waals surface area contributed by atoms with E-state index in [1.807, 2.05) is 27.7 Å². The molecule has 11 nitrogen and oxygen atoms in total. The molecular weight excluding hydrogens is 1050 g/mol. The standard InChI is InChI=1S/C53H38N8O3S8/c1-19-22(4)57-40-36(44-41(58-71-61-44)33(37(40)54-19)29-15-24-46(67-29)48-26(12-14-66-48)62-52(24,7)8)32-18-28-50(70-32)47-25(53(9,10)64-28)16-30(68-47)34-38-39(56-21(3)20(2)55-38)35(43-42(34)59-72-60-43)31-17-27-49(69-31)45-23(11-13-65-45)51(5,6)63-27/h11-18H,1-10H3. The number of nitrogens with zero attached hydrogens (tertiary/aromatic N) is 8. The molecule has 15 rings (SSSR count). The van der Waals surface area contributed by atoms with Gasteiger partial charge in [-0.2, -0.15) is 17.5 Å². The molecule has 13 heterocycles. The maximum absolute atomic E-state index is 7.05. The summed E-state index contributed by atoms with van der Waals surface area (Å²) in [5.74, 6) is 2.62. The number of benzene rings is 2. The predicted molar refractivity (Wildman–Crippen MR) is 300 cm³/mol. The lowest BCUT2D eigenvalue weighted by molar-refractivity contribution is 0.107. The molecule has 0 atom stereocenters. The first-order valence-corrected chi connectivity index (χ1v) is 29.7. The lowest BCUT2D eigenvalue weighted by Crippen LogP contribution is -2.27. The molecule has 0 bridgehead atoms. The van der Waals surface area contributed by atoms with Gasteiger partial charge >= 0.3 is 0 Å². The largest absolute Gasteiger partial charge is 0.482 e. The van der Waals surface area contributed by atoms with E-state index >= 15 is 0 Å². The van der Waals surface area contributed by atoms with Crippen molar-refractivity contribution in [2.24, 2.45) is 0 Å². The van der Waals surface area contributed by atoms with Crippen molar-refractivity contribution in [1.82, 2.24) is 37.4 Å². The van der Waals surface area contributed by atoms with Gasteiger partial charge < -0.3 is 14.2 Å². The Hall–Kier alpha value is -5.64. The van der Waals surface area contributed by atoms with Gasteiger partial charge in [-0.05, 0) is 116 Å². The van der Waals surface area contributed by atoms with E-state index in [2.05, 4.69) is 88.7 Å². The molecule has 0 saturated heterocycles. The van der Waals surface area contributed by atoms with Crippen LogP contribution in [0.2, 0.25) is 0 Å². The Morgan fingerprint density at radius 3 is 1.17 bits per heavy atom. The Labute approximate surface area is 444 Å². The highest BCUT2D eigenvalue weighted by Gasteiger charge is 2.41. The first kappa shape index (κ1) is 43.9. The number of aromatic nitrogens is 8. The van der Waals surface area contributed by atoms with Crippen LogP contribution in [0.1, 0.15) is 81.0 Å². The summed E-state index contributed by atoms with van der Waals surface area (Å²) in [5.41, 5.74) is 15.5. The van der Waals surface area contributed by atoms with E-state index in [1.54, 1.807) is 68.0 Å². The van der Waals surface area contributed by atoms with Gasteiger partial charge in [0.15, 0.2) is 0 Å². The molecule has 2 aromatic carbocycles. The molecule has 72 heavy (non-hydrogen) atoms. The molecule has 0 amide bonds. The number of fused-ring (bicyclic) bond motifs is 13. The first-order valence-electron chi connectivity index (χ1n) is 23.2. The van der Waals surface area contributed by atoms with Gasteiger partial charge in [-0.15, -0.1) is 68.0 Å². The van der Waals surface area contributed by atoms with E-state index in [0.29, 0.717) is 0 Å². The molecule has 10 aromatic heterocycles. The Kier molecular flexibility index (Phi) is 9.01. The fourth-order valence-corrected chi connectivity index (χ4v) is 19.0. The highest BCUT2D eigenvalue weighted by molar-refractivity contribution is 7.26. The van der Waals surface area contributed by atoms with Gasteiger partial charge in [0, 0.05) is 58.5 Å². The van der Waals surface area contributed by atoms with E-state index in [9.17, 15) is 0 Å². The van der Waals surface area contributed by atoms with Gasteiger partial charge in [0.05, 0.1) is 75.5 Å². The average molecular weight is 1090 g/mol. The van der Waals surface area contributed by atoms with Crippen molar-refractivity contribution < 1.29 is 14.2 Å². The number of hydrogen-bond donors (Lipinski definition) is 0. The molecular formula is C53H38N8O3S8. The van der Waals surface area contributed by atoms with Gasteiger partial charge in [-0.3, -0.25) is 0 Å². The van der Waals surface area contributed by atoms with Crippen LogP contribution in [0.4, 0.5) is 0 Å². The molecule has 0 fully saturated rings. The third kappa shape index (κ3) is 6.01. The molecule has 0 radical (unpaired) electrons. The molecule has 3 aliphatic heterocycles. The van der Waals surface area contributed by atoms with Crippen LogP contribution < -0.4 is 14.2 Å². The molecule has 0 aliphatic carbocycles. The zero-order valence-electron chi connectivity index (χ0n) is 40.2. The number of aryl methyl sites for hydroxylation is 4. The fourth-order valence-electron chi connectivity index (χ4n) is 10.5.